The Morgan fingerprint density at radius 3 is 2.26 bits per heavy atom. The SMILES string of the molecule is CCc1cnn2c(N(Cc3ccc(OCCN4CCN(CC5CCN(c6ncc(C(N)=O)cn6)CC5)CC4)nc3)C3C(C)(C)C(Oc4ccc(C#N)c(Cl)c4)C3(C)C)cc(-c3ccccc3)nc12. The van der Waals surface area contributed by atoms with E-state index in [4.69, 9.17) is 41.9 Å². The Morgan fingerprint density at radius 2 is 1.62 bits per heavy atom. The smallest absolute Gasteiger partial charge is 0.251 e. The molecule has 16 heteroatoms. The van der Waals surface area contributed by atoms with Crippen molar-refractivity contribution in [2.24, 2.45) is 22.5 Å². The summed E-state index contributed by atoms with van der Waals surface area (Å²) in [6, 6.07) is 24.0. The molecule has 0 radical (unpaired) electrons. The number of nitrogens with zero attached hydrogens (tertiary/aromatic N) is 11. The fourth-order valence-electron chi connectivity index (χ4n) is 11.1. The summed E-state index contributed by atoms with van der Waals surface area (Å²) in [5.41, 5.74) is 10.3. The number of carbonyl (C=O) groups is 1. The second-order valence-electron chi connectivity index (χ2n) is 19.6. The van der Waals surface area contributed by atoms with Crippen molar-refractivity contribution in [1.82, 2.24) is 39.3 Å². The van der Waals surface area contributed by atoms with Crippen molar-refractivity contribution >= 4 is 34.9 Å². The average molecular weight is 938 g/mol. The number of halogens is 1. The molecule has 1 amide bonds. The topological polar surface area (TPSA) is 167 Å². The van der Waals surface area contributed by atoms with Gasteiger partial charge in [-0.15, -0.1) is 0 Å². The third-order valence-electron chi connectivity index (χ3n) is 14.3. The molecule has 2 aromatic carbocycles. The Balaban J connectivity index is 0.853. The van der Waals surface area contributed by atoms with E-state index in [0.717, 1.165) is 105 Å². The zero-order chi connectivity index (χ0) is 47.6. The number of anilines is 2. The van der Waals surface area contributed by atoms with Gasteiger partial charge in [-0.2, -0.15) is 14.9 Å². The van der Waals surface area contributed by atoms with E-state index in [1.807, 2.05) is 47.2 Å². The molecule has 0 bridgehead atoms. The Labute approximate surface area is 403 Å². The van der Waals surface area contributed by atoms with Crippen LogP contribution >= 0.6 is 11.6 Å². The third kappa shape index (κ3) is 9.68. The molecular weight excluding hydrogens is 876 g/mol. The molecule has 0 atom stereocenters. The number of rotatable bonds is 16. The van der Waals surface area contributed by atoms with E-state index in [2.05, 4.69) is 94.5 Å². The lowest BCUT2D eigenvalue weighted by atomic mass is 9.48. The molecule has 3 fully saturated rings. The van der Waals surface area contributed by atoms with Gasteiger partial charge in [-0.25, -0.2) is 19.9 Å². The van der Waals surface area contributed by atoms with Crippen LogP contribution < -0.4 is 25.0 Å². The molecule has 1 saturated carbocycles. The van der Waals surface area contributed by atoms with Crippen LogP contribution in [0.2, 0.25) is 5.02 Å². The largest absolute Gasteiger partial charge is 0.489 e. The highest BCUT2D eigenvalue weighted by Crippen LogP contribution is 2.59. The van der Waals surface area contributed by atoms with Crippen molar-refractivity contribution in [3.05, 3.63) is 119 Å². The van der Waals surface area contributed by atoms with Gasteiger partial charge in [0.15, 0.2) is 5.65 Å². The van der Waals surface area contributed by atoms with Crippen LogP contribution in [0, 0.1) is 28.1 Å². The van der Waals surface area contributed by atoms with Gasteiger partial charge >= 0.3 is 0 Å². The van der Waals surface area contributed by atoms with Gasteiger partial charge in [-0.3, -0.25) is 9.69 Å². The Hall–Kier alpha value is -6.34. The number of hydrogen-bond acceptors (Lipinski definition) is 13. The van der Waals surface area contributed by atoms with E-state index < -0.39 is 5.91 Å². The van der Waals surface area contributed by atoms with Gasteiger partial charge < -0.3 is 29.9 Å². The van der Waals surface area contributed by atoms with Crippen molar-refractivity contribution in [2.45, 2.75) is 72.6 Å². The summed E-state index contributed by atoms with van der Waals surface area (Å²) >= 11 is 6.48. The number of fused-ring (bicyclic) bond motifs is 1. The van der Waals surface area contributed by atoms with E-state index in [-0.39, 0.29) is 23.0 Å². The van der Waals surface area contributed by atoms with Crippen molar-refractivity contribution < 1.29 is 14.3 Å². The maximum absolute atomic E-state index is 11.4. The molecule has 3 aliphatic rings. The lowest BCUT2D eigenvalue weighted by molar-refractivity contribution is -0.158. The quantitative estimate of drug-likeness (QED) is 0.101. The van der Waals surface area contributed by atoms with Gasteiger partial charge in [-0.1, -0.05) is 82.6 Å². The molecule has 68 heavy (non-hydrogen) atoms. The van der Waals surface area contributed by atoms with E-state index >= 15 is 0 Å². The van der Waals surface area contributed by atoms with Crippen LogP contribution in [0.4, 0.5) is 11.8 Å². The van der Waals surface area contributed by atoms with Gasteiger partial charge in [0, 0.05) is 124 Å². The minimum Gasteiger partial charge on any atom is -0.489 e. The molecule has 354 valence electrons. The molecule has 2 N–H and O–H groups in total. The predicted octanol–water partition coefficient (Wildman–Crippen LogP) is 7.57. The highest BCUT2D eigenvalue weighted by Gasteiger charge is 2.66. The normalized spacial score (nSPS) is 19.6. The molecule has 0 spiro atoms. The summed E-state index contributed by atoms with van der Waals surface area (Å²) in [7, 11) is 0. The molecule has 9 rings (SSSR count). The first-order valence-corrected chi connectivity index (χ1v) is 24.2. The van der Waals surface area contributed by atoms with Gasteiger partial charge in [0.1, 0.15) is 30.3 Å². The number of aromatic nitrogens is 6. The number of nitrogens with two attached hydrogens (primary N) is 1. The van der Waals surface area contributed by atoms with Crippen LogP contribution in [0.25, 0.3) is 16.9 Å². The van der Waals surface area contributed by atoms with Crippen LogP contribution in [0.1, 0.15) is 74.5 Å². The van der Waals surface area contributed by atoms with E-state index in [0.29, 0.717) is 52.8 Å². The van der Waals surface area contributed by atoms with Crippen LogP contribution in [0.5, 0.6) is 11.6 Å². The molecular formula is C52H61ClN12O3. The van der Waals surface area contributed by atoms with Crippen molar-refractivity contribution in [1.29, 1.82) is 5.26 Å². The van der Waals surface area contributed by atoms with Crippen molar-refractivity contribution in [2.75, 3.05) is 68.8 Å². The predicted molar refractivity (Wildman–Crippen MR) is 264 cm³/mol. The maximum atomic E-state index is 11.4. The Morgan fingerprint density at radius 1 is 0.897 bits per heavy atom. The molecule has 15 nitrogen and oxygen atoms in total. The zero-order valence-electron chi connectivity index (χ0n) is 39.7. The second kappa shape index (κ2) is 19.7. The van der Waals surface area contributed by atoms with Crippen LogP contribution in [0.3, 0.4) is 0 Å². The number of primary amides is 1. The van der Waals surface area contributed by atoms with Gasteiger partial charge in [0.25, 0.3) is 5.91 Å². The number of hydrogen-bond donors (Lipinski definition) is 1. The van der Waals surface area contributed by atoms with Gasteiger partial charge in [-0.05, 0) is 42.9 Å². The summed E-state index contributed by atoms with van der Waals surface area (Å²) in [5, 5.41) is 14.8. The lowest BCUT2D eigenvalue weighted by Crippen LogP contribution is -2.75. The standard InChI is InChI=1S/C52H61ClN12O3/c1-6-37-32-59-65-45(27-43(60-47(37)65)38-10-8-7-9-11-38)64(48-51(2,3)49(52(48,4)5)68-41-14-13-39(28-54)42(53)26-41)34-36-12-15-44(56-29-36)67-25-24-61-20-22-62(23-21-61)33-35-16-18-63(19-17-35)50-57-30-40(31-58-50)46(55)66/h7-15,26-27,29-32,35,48-49H,6,16-25,33-34H2,1-5H3,(H2,55,66). The minimum absolute atomic E-state index is 0.0165. The van der Waals surface area contributed by atoms with E-state index in [9.17, 15) is 10.1 Å². The summed E-state index contributed by atoms with van der Waals surface area (Å²) in [6.45, 7) is 20.2. The zero-order valence-corrected chi connectivity index (χ0v) is 40.4. The Kier molecular flexibility index (Phi) is 13.6. The monoisotopic (exact) mass is 936 g/mol. The van der Waals surface area contributed by atoms with Gasteiger partial charge in [0.2, 0.25) is 11.8 Å². The van der Waals surface area contributed by atoms with Crippen molar-refractivity contribution in [3.8, 4) is 29.0 Å². The van der Waals surface area contributed by atoms with Crippen molar-refractivity contribution in [3.63, 3.8) is 0 Å². The fraction of sp³-hybridized carbons (Fsp3) is 0.442. The second-order valence-corrected chi connectivity index (χ2v) is 20.0. The van der Waals surface area contributed by atoms with E-state index in [1.54, 1.807) is 12.1 Å². The molecule has 6 aromatic rings. The summed E-state index contributed by atoms with van der Waals surface area (Å²) < 4.78 is 15.0. The summed E-state index contributed by atoms with van der Waals surface area (Å²) in [5.74, 6) is 2.97. The average Bonchev–Trinajstić information content (AvgIpc) is 3.77. The molecule has 0 unspecified atom stereocenters. The number of amides is 1. The van der Waals surface area contributed by atoms with Crippen LogP contribution in [-0.4, -0.2) is 116 Å². The third-order valence-corrected chi connectivity index (χ3v) is 14.6. The first kappa shape index (κ1) is 46.8. The molecule has 6 heterocycles. The maximum Gasteiger partial charge on any atom is 0.251 e. The number of ether oxygens (including phenoxy) is 2. The Bertz CT molecular complexity index is 2730. The highest BCUT2D eigenvalue weighted by molar-refractivity contribution is 6.31. The van der Waals surface area contributed by atoms with E-state index in [1.165, 1.54) is 12.4 Å². The summed E-state index contributed by atoms with van der Waals surface area (Å²) in [4.78, 5) is 39.9. The number of benzene rings is 2. The molecule has 2 saturated heterocycles. The van der Waals surface area contributed by atoms with Gasteiger partial charge in [0.05, 0.1) is 28.0 Å². The number of pyridine rings is 1. The first-order valence-electron chi connectivity index (χ1n) is 23.8. The number of aryl methyl sites for hydroxylation is 1. The lowest BCUT2D eigenvalue weighted by Gasteiger charge is -2.66. The fourth-order valence-corrected chi connectivity index (χ4v) is 11.3. The molecule has 1 aliphatic carbocycles. The number of carbonyl (C=O) groups excluding carboxylic acids is 1. The number of piperidine rings is 1. The first-order chi connectivity index (χ1) is 32.8. The van der Waals surface area contributed by atoms with Crippen LogP contribution in [-0.2, 0) is 13.0 Å². The molecule has 4 aromatic heterocycles. The number of nitriles is 1. The number of piperazine rings is 1. The minimum atomic E-state index is -0.512. The highest BCUT2D eigenvalue weighted by atomic mass is 35.5. The molecule has 2 aliphatic heterocycles. The summed E-state index contributed by atoms with van der Waals surface area (Å²) in [6.07, 6.45) is 9.69. The van der Waals surface area contributed by atoms with Crippen LogP contribution in [0.15, 0.2) is 91.5 Å².